The quantitative estimate of drug-likeness (QED) is 0.595. The lowest BCUT2D eigenvalue weighted by Gasteiger charge is -2.08. The Morgan fingerprint density at radius 3 is 2.48 bits per heavy atom. The lowest BCUT2D eigenvalue weighted by molar-refractivity contribution is -0.122. The van der Waals surface area contributed by atoms with E-state index in [2.05, 4.69) is 10.4 Å². The van der Waals surface area contributed by atoms with Crippen molar-refractivity contribution in [1.29, 1.82) is 0 Å². The highest BCUT2D eigenvalue weighted by molar-refractivity contribution is 5.75. The van der Waals surface area contributed by atoms with Crippen LogP contribution in [0.1, 0.15) is 18.3 Å². The first kappa shape index (κ1) is 20.3. The molecule has 0 aliphatic carbocycles. The molecule has 0 fully saturated rings. The Morgan fingerprint density at radius 2 is 1.86 bits per heavy atom. The summed E-state index contributed by atoms with van der Waals surface area (Å²) in [6.07, 6.45) is -0.260. The average Bonchev–Trinajstić information content (AvgIpc) is 3.02. The van der Waals surface area contributed by atoms with E-state index in [4.69, 9.17) is 4.74 Å². The van der Waals surface area contributed by atoms with E-state index >= 15 is 0 Å². The van der Waals surface area contributed by atoms with Crippen LogP contribution in [-0.2, 0) is 17.8 Å². The van der Waals surface area contributed by atoms with Gasteiger partial charge in [-0.25, -0.2) is 4.79 Å². The number of carbonyl (C=O) groups is 1. The van der Waals surface area contributed by atoms with E-state index in [9.17, 15) is 14.7 Å². The molecule has 8 heteroatoms. The fraction of sp³-hybridized carbons (Fsp3) is 0.286. The molecule has 8 nitrogen and oxygen atoms in total. The average molecular weight is 396 g/mol. The maximum Gasteiger partial charge on any atom is 0.351 e. The molecule has 0 radical (unpaired) electrons. The predicted octanol–water partition coefficient (Wildman–Crippen LogP) is 1.13. The molecule has 2 aromatic carbocycles. The highest BCUT2D eigenvalue weighted by atomic mass is 16.5. The summed E-state index contributed by atoms with van der Waals surface area (Å²) < 4.78 is 7.79. The van der Waals surface area contributed by atoms with Crippen LogP contribution in [0.5, 0.6) is 5.75 Å². The van der Waals surface area contributed by atoms with Gasteiger partial charge < -0.3 is 15.2 Å². The highest BCUT2D eigenvalue weighted by Gasteiger charge is 2.18. The van der Waals surface area contributed by atoms with E-state index < -0.39 is 11.8 Å². The fourth-order valence-electron chi connectivity index (χ4n) is 2.86. The van der Waals surface area contributed by atoms with Crippen molar-refractivity contribution in [1.82, 2.24) is 19.7 Å². The van der Waals surface area contributed by atoms with Crippen molar-refractivity contribution in [3.05, 3.63) is 76.5 Å². The molecule has 1 atom stereocenters. The highest BCUT2D eigenvalue weighted by Crippen LogP contribution is 2.14. The molecule has 29 heavy (non-hydrogen) atoms. The Labute approximate surface area is 168 Å². The number of carbonyl (C=O) groups excluding carboxylic acids is 1. The van der Waals surface area contributed by atoms with Gasteiger partial charge >= 0.3 is 5.69 Å². The summed E-state index contributed by atoms with van der Waals surface area (Å²) in [5.74, 6) is 0.782. The minimum atomic E-state index is -0.665. The topological polar surface area (TPSA) is 98.4 Å². The van der Waals surface area contributed by atoms with E-state index in [-0.39, 0.29) is 19.0 Å². The van der Waals surface area contributed by atoms with Gasteiger partial charge in [-0.1, -0.05) is 30.3 Å². The molecule has 0 aliphatic heterocycles. The molecule has 1 heterocycles. The monoisotopic (exact) mass is 396 g/mol. The van der Waals surface area contributed by atoms with Gasteiger partial charge in [0.2, 0.25) is 5.91 Å². The van der Waals surface area contributed by atoms with Crippen LogP contribution in [0.4, 0.5) is 0 Å². The van der Waals surface area contributed by atoms with Gasteiger partial charge in [0.1, 0.15) is 18.1 Å². The molecule has 0 spiro atoms. The Morgan fingerprint density at radius 1 is 1.17 bits per heavy atom. The van der Waals surface area contributed by atoms with Gasteiger partial charge in [-0.05, 0) is 36.8 Å². The summed E-state index contributed by atoms with van der Waals surface area (Å²) in [7, 11) is 1.57. The Bertz CT molecular complexity index is 1010. The third-order valence-corrected chi connectivity index (χ3v) is 4.36. The van der Waals surface area contributed by atoms with Gasteiger partial charge in [0, 0.05) is 13.0 Å². The van der Waals surface area contributed by atoms with Crippen LogP contribution >= 0.6 is 0 Å². The summed E-state index contributed by atoms with van der Waals surface area (Å²) >= 11 is 0. The van der Waals surface area contributed by atoms with Gasteiger partial charge in [-0.15, -0.1) is 5.10 Å². The van der Waals surface area contributed by atoms with Crippen molar-refractivity contribution >= 4 is 5.91 Å². The molecular formula is C21H24N4O4. The van der Waals surface area contributed by atoms with Crippen molar-refractivity contribution in [2.24, 2.45) is 0 Å². The van der Waals surface area contributed by atoms with Crippen LogP contribution in [0.3, 0.4) is 0 Å². The van der Waals surface area contributed by atoms with Crippen LogP contribution in [0, 0.1) is 0 Å². The summed E-state index contributed by atoms with van der Waals surface area (Å²) in [5, 5.41) is 16.4. The number of aliphatic hydroxyl groups is 1. The lowest BCUT2D eigenvalue weighted by Crippen LogP contribution is -2.36. The number of methoxy groups -OCH3 is 1. The third kappa shape index (κ3) is 5.11. The zero-order chi connectivity index (χ0) is 20.8. The van der Waals surface area contributed by atoms with Crippen LogP contribution < -0.4 is 15.7 Å². The smallest absolute Gasteiger partial charge is 0.351 e. The number of rotatable bonds is 8. The molecule has 0 unspecified atom stereocenters. The maximum atomic E-state index is 13.0. The summed E-state index contributed by atoms with van der Waals surface area (Å²) in [6.45, 7) is 1.52. The van der Waals surface area contributed by atoms with Crippen LogP contribution in [0.25, 0.3) is 5.69 Å². The van der Waals surface area contributed by atoms with Gasteiger partial charge in [0.15, 0.2) is 0 Å². The maximum absolute atomic E-state index is 13.0. The van der Waals surface area contributed by atoms with E-state index in [1.165, 1.54) is 9.25 Å². The Balaban J connectivity index is 1.95. The van der Waals surface area contributed by atoms with Crippen LogP contribution in [-0.4, -0.2) is 45.1 Å². The predicted molar refractivity (Wildman–Crippen MR) is 108 cm³/mol. The third-order valence-electron chi connectivity index (χ3n) is 4.36. The summed E-state index contributed by atoms with van der Waals surface area (Å²) in [6, 6.07) is 16.6. The van der Waals surface area contributed by atoms with Crippen molar-refractivity contribution in [3.63, 3.8) is 0 Å². The molecule has 0 bridgehead atoms. The number of aliphatic hydroxyl groups excluding tert-OH is 1. The molecule has 1 amide bonds. The number of ether oxygens (including phenoxy) is 1. The van der Waals surface area contributed by atoms with Crippen molar-refractivity contribution < 1.29 is 14.6 Å². The van der Waals surface area contributed by atoms with E-state index in [1.807, 2.05) is 30.3 Å². The molecule has 3 rings (SSSR count). The molecule has 152 valence electrons. The lowest BCUT2D eigenvalue weighted by atomic mass is 10.1. The Kier molecular flexibility index (Phi) is 6.46. The van der Waals surface area contributed by atoms with E-state index in [1.54, 1.807) is 38.3 Å². The van der Waals surface area contributed by atoms with E-state index in [0.29, 0.717) is 23.7 Å². The fourth-order valence-corrected chi connectivity index (χ4v) is 2.86. The second kappa shape index (κ2) is 9.20. The SMILES string of the molecule is COc1ccc(-n2nc(Cc3ccccc3)n(CC(=O)NC[C@@H](C)O)c2=O)cc1. The van der Waals surface area contributed by atoms with Crippen molar-refractivity contribution in [3.8, 4) is 11.4 Å². The number of aromatic nitrogens is 3. The first-order valence-electron chi connectivity index (χ1n) is 9.29. The van der Waals surface area contributed by atoms with Gasteiger partial charge in [0.25, 0.3) is 0 Å². The summed E-state index contributed by atoms with van der Waals surface area (Å²) in [5.41, 5.74) is 1.14. The van der Waals surface area contributed by atoms with E-state index in [0.717, 1.165) is 5.56 Å². The first-order chi connectivity index (χ1) is 14.0. The minimum absolute atomic E-state index is 0.119. The molecular weight excluding hydrogens is 372 g/mol. The standard InChI is InChI=1S/C21H24N4O4/c1-15(26)13-22-20(27)14-24-19(12-16-6-4-3-5-7-16)23-25(21(24)28)17-8-10-18(29-2)11-9-17/h3-11,15,26H,12-14H2,1-2H3,(H,22,27)/t15-/m1/s1. The molecule has 2 N–H and O–H groups in total. The van der Waals surface area contributed by atoms with Crippen LogP contribution in [0.15, 0.2) is 59.4 Å². The zero-order valence-corrected chi connectivity index (χ0v) is 16.4. The van der Waals surface area contributed by atoms with Crippen LogP contribution in [0.2, 0.25) is 0 Å². The second-order valence-corrected chi connectivity index (χ2v) is 6.71. The Hall–Kier alpha value is -3.39. The summed E-state index contributed by atoms with van der Waals surface area (Å²) in [4.78, 5) is 25.3. The largest absolute Gasteiger partial charge is 0.497 e. The van der Waals surface area contributed by atoms with Gasteiger partial charge in [-0.3, -0.25) is 9.36 Å². The first-order valence-corrected chi connectivity index (χ1v) is 9.29. The molecule has 0 aliphatic rings. The van der Waals surface area contributed by atoms with Crippen molar-refractivity contribution in [2.45, 2.75) is 26.0 Å². The minimum Gasteiger partial charge on any atom is -0.497 e. The molecule has 0 saturated heterocycles. The number of benzene rings is 2. The number of nitrogens with zero attached hydrogens (tertiary/aromatic N) is 3. The number of hydrogen-bond donors (Lipinski definition) is 2. The van der Waals surface area contributed by atoms with Crippen molar-refractivity contribution in [2.75, 3.05) is 13.7 Å². The number of amides is 1. The molecule has 0 saturated carbocycles. The molecule has 3 aromatic rings. The number of nitrogens with one attached hydrogen (secondary N) is 1. The van der Waals surface area contributed by atoms with Gasteiger partial charge in [0.05, 0.1) is 18.9 Å². The molecule has 1 aromatic heterocycles. The normalized spacial score (nSPS) is 11.8. The van der Waals surface area contributed by atoms with Gasteiger partial charge in [-0.2, -0.15) is 4.68 Å². The number of hydrogen-bond acceptors (Lipinski definition) is 5. The second-order valence-electron chi connectivity index (χ2n) is 6.71. The zero-order valence-electron chi connectivity index (χ0n) is 16.4.